The van der Waals surface area contributed by atoms with Crippen molar-refractivity contribution in [2.24, 2.45) is 5.10 Å². The molecular weight excluding hydrogens is 412 g/mol. The van der Waals surface area contributed by atoms with E-state index in [1.807, 2.05) is 0 Å². The van der Waals surface area contributed by atoms with E-state index in [-0.39, 0.29) is 22.5 Å². The number of hydrogen-bond acceptors (Lipinski definition) is 8. The van der Waals surface area contributed by atoms with Crippen molar-refractivity contribution in [2.45, 2.75) is 13.8 Å². The first-order valence-electron chi connectivity index (χ1n) is 8.29. The van der Waals surface area contributed by atoms with Crippen LogP contribution in [0.2, 0.25) is 0 Å². The van der Waals surface area contributed by atoms with Gasteiger partial charge in [0.05, 0.1) is 16.8 Å². The van der Waals surface area contributed by atoms with Gasteiger partial charge in [-0.1, -0.05) is 0 Å². The molecule has 0 aliphatic heterocycles. The number of nitrogens with zero attached hydrogens (tertiary/aromatic N) is 1. The highest BCUT2D eigenvalue weighted by atomic mass is 16.4. The molecule has 12 nitrogen and oxygen atoms in total. The average Bonchev–Trinajstić information content (AvgIpc) is 2.66. The number of carboxylic acids is 4. The average molecular weight is 434 g/mol. The van der Waals surface area contributed by atoms with Crippen LogP contribution in [-0.4, -0.2) is 50.0 Å². The Hall–Kier alpha value is -4.61. The second-order valence-corrected chi connectivity index (χ2v) is 5.71. The molecule has 166 valence electrons. The maximum absolute atomic E-state index is 10.5. The van der Waals surface area contributed by atoms with Gasteiger partial charge in [-0.25, -0.2) is 14.4 Å². The zero-order valence-corrected chi connectivity index (χ0v) is 16.6. The Morgan fingerprint density at radius 2 is 1.19 bits per heavy atom. The monoisotopic (exact) mass is 434 g/mol. The molecule has 0 aliphatic rings. The molecule has 0 saturated carbocycles. The highest BCUT2D eigenvalue weighted by Gasteiger charge is 2.09. The first-order valence-corrected chi connectivity index (χ1v) is 8.29. The maximum atomic E-state index is 10.5. The number of nitrogen functional groups attached to an aromatic ring is 2. The van der Waals surface area contributed by atoms with Crippen molar-refractivity contribution in [3.63, 3.8) is 0 Å². The summed E-state index contributed by atoms with van der Waals surface area (Å²) in [5, 5.41) is 36.7. The van der Waals surface area contributed by atoms with Gasteiger partial charge < -0.3 is 31.9 Å². The van der Waals surface area contributed by atoms with Crippen LogP contribution in [0.3, 0.4) is 0 Å². The van der Waals surface area contributed by atoms with Gasteiger partial charge in [-0.2, -0.15) is 5.10 Å². The number of carboxylic acid groups (broad SMARTS) is 4. The van der Waals surface area contributed by atoms with Crippen LogP contribution in [0.25, 0.3) is 0 Å². The van der Waals surface area contributed by atoms with E-state index < -0.39 is 23.9 Å². The number of aromatic carboxylic acids is 2. The predicted molar refractivity (Wildman–Crippen MR) is 113 cm³/mol. The summed E-state index contributed by atoms with van der Waals surface area (Å²) < 4.78 is 0. The summed E-state index contributed by atoms with van der Waals surface area (Å²) in [5.74, 6) is -4.28. The Morgan fingerprint density at radius 1 is 0.774 bits per heavy atom. The molecule has 0 atom stereocenters. The third-order valence-corrected chi connectivity index (χ3v) is 3.02. The van der Waals surface area contributed by atoms with Crippen molar-refractivity contribution in [1.29, 1.82) is 0 Å². The topological polar surface area (TPSA) is 226 Å². The lowest BCUT2D eigenvalue weighted by atomic mass is 10.1. The molecular formula is C19H22N4O8. The van der Waals surface area contributed by atoms with E-state index in [9.17, 15) is 14.4 Å². The second kappa shape index (κ2) is 12.8. The van der Waals surface area contributed by atoms with E-state index in [0.29, 0.717) is 11.4 Å². The molecule has 0 aliphatic carbocycles. The van der Waals surface area contributed by atoms with Gasteiger partial charge in [0, 0.05) is 18.3 Å². The van der Waals surface area contributed by atoms with Crippen LogP contribution in [0, 0.1) is 0 Å². The molecule has 0 heterocycles. The van der Waals surface area contributed by atoms with Gasteiger partial charge in [0.15, 0.2) is 0 Å². The number of hydrazone groups is 1. The van der Waals surface area contributed by atoms with Gasteiger partial charge in [0.1, 0.15) is 5.71 Å². The van der Waals surface area contributed by atoms with E-state index in [1.165, 1.54) is 19.1 Å². The van der Waals surface area contributed by atoms with Gasteiger partial charge in [-0.05, 0) is 49.4 Å². The fourth-order valence-corrected chi connectivity index (χ4v) is 1.65. The summed E-state index contributed by atoms with van der Waals surface area (Å²) in [5.41, 5.74) is 14.6. The summed E-state index contributed by atoms with van der Waals surface area (Å²) in [4.78, 5) is 40.3. The zero-order valence-electron chi connectivity index (χ0n) is 16.6. The summed E-state index contributed by atoms with van der Waals surface area (Å²) in [6.45, 7) is 2.49. The zero-order chi connectivity index (χ0) is 24.1. The Morgan fingerprint density at radius 3 is 1.55 bits per heavy atom. The van der Waals surface area contributed by atoms with Crippen LogP contribution in [0.5, 0.6) is 0 Å². The Labute approximate surface area is 176 Å². The van der Waals surface area contributed by atoms with Crippen LogP contribution in [-0.2, 0) is 9.59 Å². The van der Waals surface area contributed by atoms with Crippen molar-refractivity contribution in [2.75, 3.05) is 16.9 Å². The van der Waals surface area contributed by atoms with Gasteiger partial charge >= 0.3 is 17.9 Å². The number of aliphatic carboxylic acids is 2. The highest BCUT2D eigenvalue weighted by Crippen LogP contribution is 2.12. The number of benzene rings is 2. The normalized spacial score (nSPS) is 9.81. The SMILES string of the molecule is C/C(=N\Nc1ccc(N)cc1)C(=O)O.CC(=O)O.Nc1cc(C(=O)O)cc(C(=O)O)c1. The third kappa shape index (κ3) is 11.7. The number of hydrogen-bond donors (Lipinski definition) is 7. The van der Waals surface area contributed by atoms with E-state index in [4.69, 9.17) is 36.7 Å². The molecule has 31 heavy (non-hydrogen) atoms. The van der Waals surface area contributed by atoms with Crippen LogP contribution in [0.15, 0.2) is 47.6 Å². The summed E-state index contributed by atoms with van der Waals surface area (Å²) in [6.07, 6.45) is 0. The third-order valence-electron chi connectivity index (χ3n) is 3.02. The van der Waals surface area contributed by atoms with Crippen molar-refractivity contribution < 1.29 is 39.6 Å². The summed E-state index contributed by atoms with van der Waals surface area (Å²) in [6, 6.07) is 10.3. The Kier molecular flexibility index (Phi) is 10.9. The smallest absolute Gasteiger partial charge is 0.351 e. The van der Waals surface area contributed by atoms with E-state index in [0.717, 1.165) is 13.0 Å². The molecule has 0 saturated heterocycles. The molecule has 0 bridgehead atoms. The number of nitrogens with two attached hydrogens (primary N) is 2. The summed E-state index contributed by atoms with van der Waals surface area (Å²) >= 11 is 0. The molecule has 12 heteroatoms. The number of anilines is 3. The van der Waals surface area contributed by atoms with Crippen LogP contribution < -0.4 is 16.9 Å². The standard InChI is InChI=1S/C9H11N3O2.C8H7NO4.C2H4O2/c1-6(9(13)14)11-12-8-4-2-7(10)3-5-8;9-6-2-4(7(10)11)1-5(3-6)8(12)13;1-2(3)4/h2-5,12H,10H2,1H3,(H,13,14);1-3H,9H2,(H,10,11)(H,12,13);1H3,(H,3,4)/b11-6+;;. The molecule has 0 amide bonds. The van der Waals surface area contributed by atoms with Crippen LogP contribution >= 0.6 is 0 Å². The molecule has 0 radical (unpaired) electrons. The summed E-state index contributed by atoms with van der Waals surface area (Å²) in [7, 11) is 0. The molecule has 0 unspecified atom stereocenters. The first-order chi connectivity index (χ1) is 14.3. The van der Waals surface area contributed by atoms with Crippen molar-refractivity contribution in [3.8, 4) is 0 Å². The molecule has 2 aromatic rings. The van der Waals surface area contributed by atoms with Crippen molar-refractivity contribution in [3.05, 3.63) is 53.6 Å². The predicted octanol–water partition coefficient (Wildman–Crippen LogP) is 1.90. The maximum Gasteiger partial charge on any atom is 0.351 e. The minimum absolute atomic E-state index is 0.00169. The molecule has 2 rings (SSSR count). The minimum Gasteiger partial charge on any atom is -0.481 e. The van der Waals surface area contributed by atoms with Crippen molar-refractivity contribution in [1.82, 2.24) is 0 Å². The quantitative estimate of drug-likeness (QED) is 0.204. The van der Waals surface area contributed by atoms with Crippen LogP contribution in [0.4, 0.5) is 17.1 Å². The molecule has 0 fully saturated rings. The lowest BCUT2D eigenvalue weighted by Gasteiger charge is -2.00. The fraction of sp³-hybridized carbons (Fsp3) is 0.105. The van der Waals surface area contributed by atoms with Gasteiger partial charge in [0.25, 0.3) is 5.97 Å². The molecule has 0 spiro atoms. The number of rotatable bonds is 5. The van der Waals surface area contributed by atoms with E-state index in [1.54, 1.807) is 24.3 Å². The molecule has 2 aromatic carbocycles. The lowest BCUT2D eigenvalue weighted by Crippen LogP contribution is -2.10. The lowest BCUT2D eigenvalue weighted by molar-refractivity contribution is -0.134. The molecule has 0 aromatic heterocycles. The number of carbonyl (C=O) groups is 4. The van der Waals surface area contributed by atoms with Gasteiger partial charge in [-0.15, -0.1) is 0 Å². The largest absolute Gasteiger partial charge is 0.481 e. The first kappa shape index (κ1) is 26.4. The Balaban J connectivity index is 0.000000497. The van der Waals surface area contributed by atoms with E-state index in [2.05, 4.69) is 10.5 Å². The van der Waals surface area contributed by atoms with Crippen molar-refractivity contribution >= 4 is 46.7 Å². The van der Waals surface area contributed by atoms with Gasteiger partial charge in [-0.3, -0.25) is 10.2 Å². The second-order valence-electron chi connectivity index (χ2n) is 5.71. The minimum atomic E-state index is -1.20. The highest BCUT2D eigenvalue weighted by molar-refractivity contribution is 6.34. The number of nitrogens with one attached hydrogen (secondary N) is 1. The van der Waals surface area contributed by atoms with Gasteiger partial charge in [0.2, 0.25) is 0 Å². The molecule has 9 N–H and O–H groups in total. The Bertz CT molecular complexity index is 935. The van der Waals surface area contributed by atoms with Crippen LogP contribution in [0.1, 0.15) is 34.6 Å². The van der Waals surface area contributed by atoms with E-state index >= 15 is 0 Å². The fourth-order valence-electron chi connectivity index (χ4n) is 1.65.